The van der Waals surface area contributed by atoms with E-state index in [-0.39, 0.29) is 29.9 Å². The second-order valence-corrected chi connectivity index (χ2v) is 5.27. The van der Waals surface area contributed by atoms with Gasteiger partial charge in [-0.05, 0) is 32.1 Å². The van der Waals surface area contributed by atoms with Gasteiger partial charge in [0.15, 0.2) is 0 Å². The van der Waals surface area contributed by atoms with Crippen molar-refractivity contribution < 1.29 is 19.4 Å². The maximum atomic E-state index is 12.1. The van der Waals surface area contributed by atoms with Gasteiger partial charge in [-0.15, -0.1) is 0 Å². The zero-order chi connectivity index (χ0) is 13.1. The minimum absolute atomic E-state index is 0.0247. The maximum Gasteiger partial charge on any atom is 0.306 e. The summed E-state index contributed by atoms with van der Waals surface area (Å²) in [6.07, 6.45) is 3.65. The van der Waals surface area contributed by atoms with E-state index >= 15 is 0 Å². The fraction of sp³-hybridized carbons (Fsp3) is 0.846. The molecule has 4 atom stereocenters. The van der Waals surface area contributed by atoms with E-state index < -0.39 is 5.97 Å². The summed E-state index contributed by atoms with van der Waals surface area (Å²) in [4.78, 5) is 23.0. The molecule has 4 unspecified atom stereocenters. The molecule has 0 spiro atoms. The average molecular weight is 255 g/mol. The number of carboxylic acid groups (broad SMARTS) is 1. The summed E-state index contributed by atoms with van der Waals surface area (Å²) >= 11 is 0. The van der Waals surface area contributed by atoms with Crippen molar-refractivity contribution in [1.29, 1.82) is 0 Å². The van der Waals surface area contributed by atoms with Crippen LogP contribution >= 0.6 is 0 Å². The number of aliphatic carboxylic acids is 1. The van der Waals surface area contributed by atoms with Gasteiger partial charge in [0.05, 0.1) is 17.9 Å². The molecular weight excluding hydrogens is 234 g/mol. The lowest BCUT2D eigenvalue weighted by Crippen LogP contribution is -2.40. The number of amides is 1. The summed E-state index contributed by atoms with van der Waals surface area (Å²) in [7, 11) is 0. The number of hydrogen-bond acceptors (Lipinski definition) is 3. The van der Waals surface area contributed by atoms with Gasteiger partial charge in [0.2, 0.25) is 5.91 Å². The van der Waals surface area contributed by atoms with Crippen LogP contribution in [0.4, 0.5) is 0 Å². The Bertz CT molecular complexity index is 331. The van der Waals surface area contributed by atoms with Crippen molar-refractivity contribution in [2.24, 2.45) is 11.8 Å². The average Bonchev–Trinajstić information content (AvgIpc) is 2.96. The molecule has 1 saturated heterocycles. The highest BCUT2D eigenvalue weighted by Crippen LogP contribution is 2.28. The minimum Gasteiger partial charge on any atom is -0.481 e. The molecular formula is C13H21NO4. The molecule has 1 aliphatic carbocycles. The van der Waals surface area contributed by atoms with Crippen LogP contribution in [-0.2, 0) is 14.3 Å². The Morgan fingerprint density at radius 3 is 2.72 bits per heavy atom. The number of carboxylic acids is 1. The predicted molar refractivity (Wildman–Crippen MR) is 65.0 cm³/mol. The fourth-order valence-electron chi connectivity index (χ4n) is 3.00. The Kier molecular flexibility index (Phi) is 4.22. The smallest absolute Gasteiger partial charge is 0.306 e. The summed E-state index contributed by atoms with van der Waals surface area (Å²) in [6, 6.07) is 0.0247. The van der Waals surface area contributed by atoms with Gasteiger partial charge >= 0.3 is 5.97 Å². The molecule has 5 heteroatoms. The molecule has 2 aliphatic rings. The molecule has 0 aromatic heterocycles. The van der Waals surface area contributed by atoms with Gasteiger partial charge in [-0.1, -0.05) is 6.92 Å². The topological polar surface area (TPSA) is 75.6 Å². The van der Waals surface area contributed by atoms with Crippen molar-refractivity contribution in [3.8, 4) is 0 Å². The van der Waals surface area contributed by atoms with Gasteiger partial charge in [-0.3, -0.25) is 9.59 Å². The summed E-state index contributed by atoms with van der Waals surface area (Å²) in [5.41, 5.74) is 0. The van der Waals surface area contributed by atoms with Crippen molar-refractivity contribution in [2.75, 3.05) is 6.61 Å². The number of ether oxygens (including phenoxy) is 1. The second-order valence-electron chi connectivity index (χ2n) is 5.27. The van der Waals surface area contributed by atoms with E-state index in [0.29, 0.717) is 19.4 Å². The van der Waals surface area contributed by atoms with E-state index in [9.17, 15) is 9.59 Å². The summed E-state index contributed by atoms with van der Waals surface area (Å²) < 4.78 is 5.50. The van der Waals surface area contributed by atoms with Crippen LogP contribution in [0.15, 0.2) is 0 Å². The summed E-state index contributed by atoms with van der Waals surface area (Å²) in [6.45, 7) is 2.67. The molecule has 0 radical (unpaired) electrons. The third-order valence-corrected chi connectivity index (χ3v) is 4.08. The van der Waals surface area contributed by atoms with Gasteiger partial charge < -0.3 is 15.2 Å². The van der Waals surface area contributed by atoms with Crippen molar-refractivity contribution in [1.82, 2.24) is 5.32 Å². The molecule has 1 amide bonds. The van der Waals surface area contributed by atoms with Crippen LogP contribution in [0.25, 0.3) is 0 Å². The number of hydrogen-bond donors (Lipinski definition) is 2. The maximum absolute atomic E-state index is 12.1. The quantitative estimate of drug-likeness (QED) is 0.790. The normalized spacial score (nSPS) is 35.6. The number of rotatable bonds is 4. The first-order valence-corrected chi connectivity index (χ1v) is 6.76. The first kappa shape index (κ1) is 13.3. The van der Waals surface area contributed by atoms with E-state index in [2.05, 4.69) is 5.32 Å². The van der Waals surface area contributed by atoms with Gasteiger partial charge in [-0.25, -0.2) is 0 Å². The van der Waals surface area contributed by atoms with E-state index in [1.54, 1.807) is 0 Å². The molecule has 1 aliphatic heterocycles. The molecule has 1 saturated carbocycles. The van der Waals surface area contributed by atoms with Crippen LogP contribution in [0.1, 0.15) is 39.0 Å². The zero-order valence-electron chi connectivity index (χ0n) is 10.7. The van der Waals surface area contributed by atoms with E-state index in [4.69, 9.17) is 9.84 Å². The molecule has 2 fully saturated rings. The lowest BCUT2D eigenvalue weighted by atomic mass is 9.98. The molecule has 5 nitrogen and oxygen atoms in total. The van der Waals surface area contributed by atoms with Crippen LogP contribution < -0.4 is 5.32 Å². The van der Waals surface area contributed by atoms with E-state index in [0.717, 1.165) is 19.3 Å². The Morgan fingerprint density at radius 2 is 2.11 bits per heavy atom. The van der Waals surface area contributed by atoms with Crippen molar-refractivity contribution in [3.63, 3.8) is 0 Å². The van der Waals surface area contributed by atoms with Crippen LogP contribution in [0.2, 0.25) is 0 Å². The molecule has 0 aromatic rings. The van der Waals surface area contributed by atoms with Crippen molar-refractivity contribution in [2.45, 2.75) is 51.2 Å². The highest BCUT2D eigenvalue weighted by atomic mass is 16.5. The van der Waals surface area contributed by atoms with Crippen molar-refractivity contribution >= 4 is 11.9 Å². The number of carbonyl (C=O) groups excluding carboxylic acids is 1. The summed E-state index contributed by atoms with van der Waals surface area (Å²) in [5.74, 6) is -1.06. The minimum atomic E-state index is -0.748. The monoisotopic (exact) mass is 255 g/mol. The Morgan fingerprint density at radius 1 is 1.33 bits per heavy atom. The predicted octanol–water partition coefficient (Wildman–Crippen LogP) is 1.17. The highest BCUT2D eigenvalue weighted by Gasteiger charge is 2.36. The third kappa shape index (κ3) is 2.83. The van der Waals surface area contributed by atoms with E-state index in [1.165, 1.54) is 0 Å². The highest BCUT2D eigenvalue weighted by molar-refractivity contribution is 5.80. The largest absolute Gasteiger partial charge is 0.481 e. The molecule has 1 heterocycles. The lowest BCUT2D eigenvalue weighted by Gasteiger charge is -2.19. The van der Waals surface area contributed by atoms with Gasteiger partial charge in [-0.2, -0.15) is 0 Å². The van der Waals surface area contributed by atoms with Crippen LogP contribution in [0.5, 0.6) is 0 Å². The molecule has 2 rings (SSSR count). The Hall–Kier alpha value is -1.10. The molecule has 102 valence electrons. The molecule has 0 bridgehead atoms. The van der Waals surface area contributed by atoms with Gasteiger partial charge in [0.25, 0.3) is 0 Å². The van der Waals surface area contributed by atoms with Crippen LogP contribution in [0.3, 0.4) is 0 Å². The first-order valence-electron chi connectivity index (χ1n) is 6.76. The fourth-order valence-corrected chi connectivity index (χ4v) is 3.00. The molecule has 18 heavy (non-hydrogen) atoms. The number of carbonyl (C=O) groups is 2. The summed E-state index contributed by atoms with van der Waals surface area (Å²) in [5, 5.41) is 11.9. The second kappa shape index (κ2) is 5.69. The van der Waals surface area contributed by atoms with Crippen molar-refractivity contribution in [3.05, 3.63) is 0 Å². The zero-order valence-corrected chi connectivity index (χ0v) is 10.7. The molecule has 2 N–H and O–H groups in total. The lowest BCUT2D eigenvalue weighted by molar-refractivity contribution is -0.141. The Labute approximate surface area is 107 Å². The Balaban J connectivity index is 1.83. The SMILES string of the molecule is CCC1OCCC1C(=O)NC1CCC(C(=O)O)C1. The van der Waals surface area contributed by atoms with Crippen LogP contribution in [-0.4, -0.2) is 35.7 Å². The van der Waals surface area contributed by atoms with Crippen LogP contribution in [0, 0.1) is 11.8 Å². The van der Waals surface area contributed by atoms with E-state index in [1.807, 2.05) is 6.92 Å². The van der Waals surface area contributed by atoms with Gasteiger partial charge in [0, 0.05) is 12.6 Å². The number of nitrogens with one attached hydrogen (secondary N) is 1. The standard InChI is InChI=1S/C13H21NO4/c1-2-11-10(5-6-18-11)12(15)14-9-4-3-8(7-9)13(16)17/h8-11H,2-7H2,1H3,(H,14,15)(H,16,17). The molecule has 0 aromatic carbocycles. The first-order chi connectivity index (χ1) is 8.61. The third-order valence-electron chi connectivity index (χ3n) is 4.08. The van der Waals surface area contributed by atoms with Gasteiger partial charge in [0.1, 0.15) is 0 Å².